The van der Waals surface area contributed by atoms with E-state index in [9.17, 15) is 4.79 Å². The van der Waals surface area contributed by atoms with Gasteiger partial charge in [0.15, 0.2) is 0 Å². The second-order valence-electron chi connectivity index (χ2n) is 8.75. The number of carbonyl (C=O) groups excluding carboxylic acids is 1. The molecule has 1 amide bonds. The Labute approximate surface area is 199 Å². The summed E-state index contributed by atoms with van der Waals surface area (Å²) in [4.78, 5) is 28.9. The second kappa shape index (κ2) is 9.62. The lowest BCUT2D eigenvalue weighted by Crippen LogP contribution is -2.49. The fourth-order valence-corrected chi connectivity index (χ4v) is 4.38. The molecule has 34 heavy (non-hydrogen) atoms. The number of hydrogen-bond donors (Lipinski definition) is 0. The van der Waals surface area contributed by atoms with Gasteiger partial charge in [-0.1, -0.05) is 6.07 Å². The number of piperazine rings is 1. The number of aryl methyl sites for hydroxylation is 2. The number of hydrogen-bond acceptors (Lipinski definition) is 8. The minimum absolute atomic E-state index is 0.00304. The molecule has 0 atom stereocenters. The van der Waals surface area contributed by atoms with Gasteiger partial charge in [0.2, 0.25) is 5.88 Å². The molecule has 0 radical (unpaired) electrons. The Balaban J connectivity index is 1.23. The van der Waals surface area contributed by atoms with Crippen molar-refractivity contribution in [2.24, 2.45) is 0 Å². The van der Waals surface area contributed by atoms with E-state index >= 15 is 0 Å². The summed E-state index contributed by atoms with van der Waals surface area (Å²) in [6.45, 7) is 8.65. The maximum absolute atomic E-state index is 13.2. The van der Waals surface area contributed by atoms with Gasteiger partial charge in [-0.3, -0.25) is 4.79 Å². The molecule has 176 valence electrons. The Hall–Kier alpha value is -3.75. The van der Waals surface area contributed by atoms with Crippen molar-refractivity contribution in [1.82, 2.24) is 25.1 Å². The maximum atomic E-state index is 13.2. The van der Waals surface area contributed by atoms with E-state index in [-0.39, 0.29) is 5.91 Å². The number of carbonyl (C=O) groups is 1. The van der Waals surface area contributed by atoms with E-state index in [4.69, 9.17) is 4.74 Å². The first-order valence-electron chi connectivity index (χ1n) is 11.8. The summed E-state index contributed by atoms with van der Waals surface area (Å²) in [5.74, 6) is 3.69. The summed E-state index contributed by atoms with van der Waals surface area (Å²) in [6.07, 6.45) is 2.42. The summed E-state index contributed by atoms with van der Waals surface area (Å²) in [5.41, 5.74) is 1.42. The number of ether oxygens (including phenoxy) is 1. The maximum Gasteiger partial charge on any atom is 0.254 e. The fourth-order valence-electron chi connectivity index (χ4n) is 4.38. The molecule has 0 unspecified atom stereocenters. The molecule has 2 aliphatic heterocycles. The van der Waals surface area contributed by atoms with Crippen LogP contribution < -0.4 is 14.5 Å². The summed E-state index contributed by atoms with van der Waals surface area (Å²) < 4.78 is 5.78. The van der Waals surface area contributed by atoms with Crippen LogP contribution in [-0.2, 0) is 0 Å². The van der Waals surface area contributed by atoms with Crippen molar-refractivity contribution in [3.63, 3.8) is 0 Å². The third kappa shape index (κ3) is 4.93. The highest BCUT2D eigenvalue weighted by atomic mass is 16.5. The summed E-state index contributed by atoms with van der Waals surface area (Å²) in [6, 6.07) is 12.9. The molecule has 3 aromatic rings. The van der Waals surface area contributed by atoms with E-state index < -0.39 is 0 Å². The minimum atomic E-state index is -0.00304. The molecule has 1 aromatic carbocycles. The largest absolute Gasteiger partial charge is 0.438 e. The van der Waals surface area contributed by atoms with E-state index in [0.29, 0.717) is 30.3 Å². The molecule has 2 aromatic heterocycles. The van der Waals surface area contributed by atoms with Crippen LogP contribution in [0.15, 0.2) is 42.5 Å². The zero-order chi connectivity index (χ0) is 23.5. The molecule has 2 fully saturated rings. The Morgan fingerprint density at radius 3 is 2.21 bits per heavy atom. The molecule has 0 N–H and O–H groups in total. The van der Waals surface area contributed by atoms with Crippen LogP contribution in [0.25, 0.3) is 0 Å². The lowest BCUT2D eigenvalue weighted by Gasteiger charge is -2.36. The minimum Gasteiger partial charge on any atom is -0.438 e. The second-order valence-corrected chi connectivity index (χ2v) is 8.75. The van der Waals surface area contributed by atoms with Gasteiger partial charge >= 0.3 is 0 Å². The standard InChI is InChI=1S/C25H29N7O2/c1-18-8-9-24(29-28-18)34-21-7-5-6-20(16-21)25(33)32-14-12-31(13-15-32)23-17-22(26-19(2)27-23)30-10-3-4-11-30/h5-9,16-17H,3-4,10-15H2,1-2H3. The monoisotopic (exact) mass is 459 g/mol. The average Bonchev–Trinajstić information content (AvgIpc) is 3.40. The van der Waals surface area contributed by atoms with Gasteiger partial charge in [-0.25, -0.2) is 9.97 Å². The Bertz CT molecular complexity index is 1150. The van der Waals surface area contributed by atoms with Crippen molar-refractivity contribution in [3.05, 3.63) is 59.5 Å². The van der Waals surface area contributed by atoms with Crippen LogP contribution in [0.4, 0.5) is 11.6 Å². The van der Waals surface area contributed by atoms with Gasteiger partial charge in [0.25, 0.3) is 5.91 Å². The SMILES string of the molecule is Cc1ccc(Oc2cccc(C(=O)N3CCN(c4cc(N5CCCC5)nc(C)n4)CC3)c2)nn1. The molecule has 0 spiro atoms. The van der Waals surface area contributed by atoms with Crippen molar-refractivity contribution in [2.75, 3.05) is 49.1 Å². The van der Waals surface area contributed by atoms with Crippen LogP contribution in [0.2, 0.25) is 0 Å². The lowest BCUT2D eigenvalue weighted by molar-refractivity contribution is 0.0746. The highest BCUT2D eigenvalue weighted by Crippen LogP contribution is 2.25. The van der Waals surface area contributed by atoms with Crippen LogP contribution in [0.1, 0.15) is 34.7 Å². The van der Waals surface area contributed by atoms with Gasteiger partial charge in [-0.2, -0.15) is 5.10 Å². The van der Waals surface area contributed by atoms with Gasteiger partial charge < -0.3 is 19.4 Å². The molecule has 5 rings (SSSR count). The van der Waals surface area contributed by atoms with Crippen LogP contribution in [0.3, 0.4) is 0 Å². The van der Waals surface area contributed by atoms with Crippen molar-refractivity contribution >= 4 is 17.5 Å². The van der Waals surface area contributed by atoms with E-state index in [1.54, 1.807) is 12.1 Å². The van der Waals surface area contributed by atoms with Crippen LogP contribution >= 0.6 is 0 Å². The molecule has 0 aliphatic carbocycles. The number of amides is 1. The smallest absolute Gasteiger partial charge is 0.254 e. The van der Waals surface area contributed by atoms with Crippen molar-refractivity contribution in [1.29, 1.82) is 0 Å². The van der Waals surface area contributed by atoms with Gasteiger partial charge in [-0.05, 0) is 51.0 Å². The van der Waals surface area contributed by atoms with Crippen molar-refractivity contribution in [3.8, 4) is 11.6 Å². The molecule has 0 bridgehead atoms. The molecular formula is C25H29N7O2. The van der Waals surface area contributed by atoms with Crippen molar-refractivity contribution < 1.29 is 9.53 Å². The third-order valence-corrected chi connectivity index (χ3v) is 6.21. The third-order valence-electron chi connectivity index (χ3n) is 6.21. The average molecular weight is 460 g/mol. The first-order valence-corrected chi connectivity index (χ1v) is 11.8. The van der Waals surface area contributed by atoms with Crippen LogP contribution in [0.5, 0.6) is 11.6 Å². The molecule has 2 aliphatic rings. The van der Waals surface area contributed by atoms with E-state index in [1.165, 1.54) is 12.8 Å². The van der Waals surface area contributed by atoms with E-state index in [2.05, 4.69) is 36.0 Å². The lowest BCUT2D eigenvalue weighted by atomic mass is 10.1. The number of nitrogens with zero attached hydrogens (tertiary/aromatic N) is 7. The van der Waals surface area contributed by atoms with Crippen LogP contribution in [0, 0.1) is 13.8 Å². The highest BCUT2D eigenvalue weighted by molar-refractivity contribution is 5.94. The fraction of sp³-hybridized carbons (Fsp3) is 0.400. The molecule has 4 heterocycles. The topological polar surface area (TPSA) is 87.6 Å². The predicted octanol–water partition coefficient (Wildman–Crippen LogP) is 3.24. The summed E-state index contributed by atoms with van der Waals surface area (Å²) in [7, 11) is 0. The molecule has 0 saturated carbocycles. The number of anilines is 2. The number of aromatic nitrogens is 4. The van der Waals surface area contributed by atoms with E-state index in [0.717, 1.165) is 49.3 Å². The Morgan fingerprint density at radius 2 is 1.53 bits per heavy atom. The zero-order valence-electron chi connectivity index (χ0n) is 19.6. The molecule has 2 saturated heterocycles. The number of rotatable bonds is 5. The first-order chi connectivity index (χ1) is 16.5. The summed E-state index contributed by atoms with van der Waals surface area (Å²) >= 11 is 0. The van der Waals surface area contributed by atoms with Crippen molar-refractivity contribution in [2.45, 2.75) is 26.7 Å². The van der Waals surface area contributed by atoms with Gasteiger partial charge in [-0.15, -0.1) is 5.10 Å². The Morgan fingerprint density at radius 1 is 0.824 bits per heavy atom. The highest BCUT2D eigenvalue weighted by Gasteiger charge is 2.24. The predicted molar refractivity (Wildman–Crippen MR) is 130 cm³/mol. The zero-order valence-corrected chi connectivity index (χ0v) is 19.6. The van der Waals surface area contributed by atoms with Gasteiger partial charge in [0.1, 0.15) is 23.2 Å². The van der Waals surface area contributed by atoms with Crippen LogP contribution in [-0.4, -0.2) is 70.2 Å². The molecule has 9 heteroatoms. The molecular weight excluding hydrogens is 430 g/mol. The Kier molecular flexibility index (Phi) is 6.24. The normalized spacial score (nSPS) is 16.1. The van der Waals surface area contributed by atoms with E-state index in [1.807, 2.05) is 43.0 Å². The summed E-state index contributed by atoms with van der Waals surface area (Å²) in [5, 5.41) is 8.03. The molecule has 9 nitrogen and oxygen atoms in total. The van der Waals surface area contributed by atoms with Gasteiger partial charge in [0, 0.05) is 57.0 Å². The number of benzene rings is 1. The first kappa shape index (κ1) is 22.1. The van der Waals surface area contributed by atoms with Gasteiger partial charge in [0.05, 0.1) is 5.69 Å². The quantitative estimate of drug-likeness (QED) is 0.575.